The Hall–Kier alpha value is -3.30. The Bertz CT molecular complexity index is 1330. The molecule has 5 heterocycles. The summed E-state index contributed by atoms with van der Waals surface area (Å²) in [4.78, 5) is 31.9. The summed E-state index contributed by atoms with van der Waals surface area (Å²) in [5, 5.41) is 8.44. The van der Waals surface area contributed by atoms with Gasteiger partial charge in [-0.3, -0.25) is 9.69 Å². The first kappa shape index (κ1) is 20.3. The van der Waals surface area contributed by atoms with Crippen molar-refractivity contribution in [3.05, 3.63) is 52.7 Å². The Kier molecular flexibility index (Phi) is 5.27. The Labute approximate surface area is 191 Å². The number of rotatable bonds is 5. The molecule has 0 radical (unpaired) electrons. The number of nitrogens with one attached hydrogen (secondary N) is 3. The zero-order valence-electron chi connectivity index (χ0n) is 18.5. The van der Waals surface area contributed by atoms with Crippen LogP contribution in [0.4, 0.5) is 11.8 Å². The molecule has 1 saturated carbocycles. The van der Waals surface area contributed by atoms with Gasteiger partial charge in [-0.1, -0.05) is 18.9 Å². The number of anilines is 2. The lowest BCUT2D eigenvalue weighted by Crippen LogP contribution is -2.42. The molecule has 170 valence electrons. The van der Waals surface area contributed by atoms with Crippen LogP contribution >= 0.6 is 0 Å². The molecule has 3 N–H and O–H groups in total. The minimum atomic E-state index is -0.0753. The van der Waals surface area contributed by atoms with E-state index >= 15 is 0 Å². The summed E-state index contributed by atoms with van der Waals surface area (Å²) in [6.45, 7) is 5.11. The van der Waals surface area contributed by atoms with Gasteiger partial charge in [-0.05, 0) is 30.5 Å². The SMILES string of the molecule is O=c1[nH]ccc2c3cnc(Nc4ccc(CN5CCNCC5)cn4)nc3n(C3CCCC3)c12. The lowest BCUT2D eigenvalue weighted by molar-refractivity contribution is 0.233. The molecule has 9 nitrogen and oxygen atoms in total. The molecule has 0 bridgehead atoms. The summed E-state index contributed by atoms with van der Waals surface area (Å²) in [6.07, 6.45) is 9.91. The van der Waals surface area contributed by atoms with Crippen LogP contribution < -0.4 is 16.2 Å². The van der Waals surface area contributed by atoms with E-state index in [0.717, 1.165) is 62.0 Å². The largest absolute Gasteiger partial charge is 0.327 e. The highest BCUT2D eigenvalue weighted by Crippen LogP contribution is 2.36. The lowest BCUT2D eigenvalue weighted by atomic mass is 10.2. The van der Waals surface area contributed by atoms with E-state index in [2.05, 4.69) is 41.1 Å². The number of hydrogen-bond acceptors (Lipinski definition) is 7. The van der Waals surface area contributed by atoms with Crippen LogP contribution in [0.5, 0.6) is 0 Å². The van der Waals surface area contributed by atoms with Crippen LogP contribution in [-0.4, -0.2) is 55.6 Å². The number of piperazine rings is 1. The van der Waals surface area contributed by atoms with E-state index in [9.17, 15) is 4.79 Å². The molecule has 6 rings (SSSR count). The minimum absolute atomic E-state index is 0.0753. The standard InChI is InChI=1S/C24H28N8O/c33-23-21-18(7-8-26-23)19-14-28-24(30-22(19)32(21)17-3-1-2-4-17)29-20-6-5-16(13-27-20)15-31-11-9-25-10-12-31/h5-8,13-14,17,25H,1-4,9-12,15H2,(H,26,33)(H,27,28,29,30). The molecule has 0 amide bonds. The summed E-state index contributed by atoms with van der Waals surface area (Å²) in [5.41, 5.74) is 2.62. The molecule has 0 unspecified atom stereocenters. The summed E-state index contributed by atoms with van der Waals surface area (Å²) >= 11 is 0. The maximum Gasteiger partial charge on any atom is 0.272 e. The third-order valence-corrected chi connectivity index (χ3v) is 6.83. The maximum absolute atomic E-state index is 12.7. The van der Waals surface area contributed by atoms with Crippen LogP contribution in [-0.2, 0) is 6.54 Å². The van der Waals surface area contributed by atoms with Crippen molar-refractivity contribution in [2.75, 3.05) is 31.5 Å². The van der Waals surface area contributed by atoms with Crippen LogP contribution in [0.15, 0.2) is 41.6 Å². The number of H-pyrrole nitrogens is 1. The van der Waals surface area contributed by atoms with Crippen molar-refractivity contribution in [1.29, 1.82) is 0 Å². The normalized spacial score (nSPS) is 17.8. The quantitative estimate of drug-likeness (QED) is 0.435. The van der Waals surface area contributed by atoms with Gasteiger partial charge >= 0.3 is 0 Å². The van der Waals surface area contributed by atoms with Gasteiger partial charge in [0.05, 0.1) is 0 Å². The topological polar surface area (TPSA) is 104 Å². The van der Waals surface area contributed by atoms with Gasteiger partial charge in [-0.15, -0.1) is 0 Å². The predicted octanol–water partition coefficient (Wildman–Crippen LogP) is 2.93. The van der Waals surface area contributed by atoms with Crippen molar-refractivity contribution in [3.8, 4) is 0 Å². The minimum Gasteiger partial charge on any atom is -0.327 e. The van der Waals surface area contributed by atoms with E-state index in [0.29, 0.717) is 23.3 Å². The van der Waals surface area contributed by atoms with Gasteiger partial charge in [0.2, 0.25) is 5.95 Å². The fourth-order valence-electron chi connectivity index (χ4n) is 5.19. The van der Waals surface area contributed by atoms with E-state index in [4.69, 9.17) is 4.98 Å². The zero-order valence-corrected chi connectivity index (χ0v) is 18.5. The van der Waals surface area contributed by atoms with Crippen molar-refractivity contribution in [1.82, 2.24) is 34.7 Å². The number of aromatic amines is 1. The Balaban J connectivity index is 1.31. The highest BCUT2D eigenvalue weighted by Gasteiger charge is 2.24. The van der Waals surface area contributed by atoms with E-state index in [-0.39, 0.29) is 5.56 Å². The molecule has 4 aromatic rings. The third kappa shape index (κ3) is 3.87. The van der Waals surface area contributed by atoms with Gasteiger partial charge in [0.25, 0.3) is 5.56 Å². The molecule has 9 heteroatoms. The van der Waals surface area contributed by atoms with E-state index < -0.39 is 0 Å². The molecular weight excluding hydrogens is 416 g/mol. The first-order chi connectivity index (χ1) is 16.3. The van der Waals surface area contributed by atoms with Gasteiger partial charge in [0.15, 0.2) is 0 Å². The molecule has 0 aromatic carbocycles. The summed E-state index contributed by atoms with van der Waals surface area (Å²) in [6, 6.07) is 6.31. The molecule has 33 heavy (non-hydrogen) atoms. The molecule has 4 aromatic heterocycles. The van der Waals surface area contributed by atoms with Gasteiger partial charge in [0.1, 0.15) is 17.0 Å². The smallest absolute Gasteiger partial charge is 0.272 e. The van der Waals surface area contributed by atoms with Crippen LogP contribution in [0.25, 0.3) is 21.9 Å². The molecule has 0 atom stereocenters. The number of hydrogen-bond donors (Lipinski definition) is 3. The molecular formula is C24H28N8O. The maximum atomic E-state index is 12.7. The van der Waals surface area contributed by atoms with Gasteiger partial charge in [-0.2, -0.15) is 4.98 Å². The Morgan fingerprint density at radius 3 is 2.67 bits per heavy atom. The van der Waals surface area contributed by atoms with Crippen molar-refractivity contribution in [2.45, 2.75) is 38.3 Å². The lowest BCUT2D eigenvalue weighted by Gasteiger charge is -2.27. The molecule has 2 fully saturated rings. The number of pyridine rings is 2. The first-order valence-corrected chi connectivity index (χ1v) is 11.8. The molecule has 1 aliphatic heterocycles. The highest BCUT2D eigenvalue weighted by atomic mass is 16.1. The first-order valence-electron chi connectivity index (χ1n) is 11.8. The van der Waals surface area contributed by atoms with Crippen molar-refractivity contribution < 1.29 is 0 Å². The van der Waals surface area contributed by atoms with E-state index in [1.807, 2.05) is 24.5 Å². The third-order valence-electron chi connectivity index (χ3n) is 6.83. The highest BCUT2D eigenvalue weighted by molar-refractivity contribution is 6.06. The van der Waals surface area contributed by atoms with Crippen LogP contribution in [0.1, 0.15) is 37.3 Å². The summed E-state index contributed by atoms with van der Waals surface area (Å²) in [7, 11) is 0. The van der Waals surface area contributed by atoms with E-state index in [1.54, 1.807) is 6.20 Å². The monoisotopic (exact) mass is 444 g/mol. The zero-order chi connectivity index (χ0) is 22.2. The van der Waals surface area contributed by atoms with E-state index in [1.165, 1.54) is 18.4 Å². The molecule has 2 aliphatic rings. The van der Waals surface area contributed by atoms with Gasteiger partial charge in [-0.25, -0.2) is 9.97 Å². The van der Waals surface area contributed by atoms with Crippen LogP contribution in [0.3, 0.4) is 0 Å². The Morgan fingerprint density at radius 1 is 1.03 bits per heavy atom. The van der Waals surface area contributed by atoms with Crippen molar-refractivity contribution >= 4 is 33.7 Å². The molecule has 0 spiro atoms. The number of fused-ring (bicyclic) bond motifs is 3. The van der Waals surface area contributed by atoms with Gasteiger partial charge < -0.3 is 20.2 Å². The van der Waals surface area contributed by atoms with Crippen LogP contribution in [0.2, 0.25) is 0 Å². The van der Waals surface area contributed by atoms with Crippen molar-refractivity contribution in [3.63, 3.8) is 0 Å². The van der Waals surface area contributed by atoms with Crippen molar-refractivity contribution in [2.24, 2.45) is 0 Å². The summed E-state index contributed by atoms with van der Waals surface area (Å²) in [5.74, 6) is 1.20. The second-order valence-electron chi connectivity index (χ2n) is 9.01. The number of nitrogens with zero attached hydrogens (tertiary/aromatic N) is 5. The molecule has 1 saturated heterocycles. The van der Waals surface area contributed by atoms with Gasteiger partial charge in [0, 0.05) is 68.1 Å². The second kappa shape index (κ2) is 8.57. The number of aromatic nitrogens is 5. The van der Waals surface area contributed by atoms with Crippen LogP contribution in [0, 0.1) is 0 Å². The average Bonchev–Trinajstić information content (AvgIpc) is 3.48. The second-order valence-corrected chi connectivity index (χ2v) is 9.01. The fourth-order valence-corrected chi connectivity index (χ4v) is 5.19. The average molecular weight is 445 g/mol. The summed E-state index contributed by atoms with van der Waals surface area (Å²) < 4.78 is 2.13. The molecule has 1 aliphatic carbocycles. The Morgan fingerprint density at radius 2 is 1.88 bits per heavy atom. The predicted molar refractivity (Wildman–Crippen MR) is 129 cm³/mol. The fraction of sp³-hybridized carbons (Fsp3) is 0.417.